The lowest BCUT2D eigenvalue weighted by molar-refractivity contribution is -0.132. The van der Waals surface area contributed by atoms with E-state index in [1.807, 2.05) is 15.9 Å². The van der Waals surface area contributed by atoms with Crippen molar-refractivity contribution in [2.24, 2.45) is 5.41 Å². The Morgan fingerprint density at radius 3 is 2.43 bits per heavy atom. The smallest absolute Gasteiger partial charge is 0.223 e. The first kappa shape index (κ1) is 14.7. The molecule has 0 radical (unpaired) electrons. The number of amides is 1. The van der Waals surface area contributed by atoms with Gasteiger partial charge in [-0.15, -0.1) is 0 Å². The lowest BCUT2D eigenvalue weighted by atomic mass is 10.0. The predicted octanol–water partition coefficient (Wildman–Crippen LogP) is 2.57. The molecule has 3 nitrogen and oxygen atoms in total. The van der Waals surface area contributed by atoms with E-state index in [1.54, 1.807) is 12.1 Å². The number of thiol groups is 1. The lowest BCUT2D eigenvalue weighted by Gasteiger charge is -2.36. The fraction of sp³-hybridized carbons (Fsp3) is 0.562. The molecule has 2 fully saturated rings. The van der Waals surface area contributed by atoms with Gasteiger partial charge in [-0.25, -0.2) is 4.39 Å². The third-order valence-corrected chi connectivity index (χ3v) is 5.32. The summed E-state index contributed by atoms with van der Waals surface area (Å²) in [6, 6.07) is 6.83. The van der Waals surface area contributed by atoms with Crippen molar-refractivity contribution in [1.82, 2.24) is 4.90 Å². The first-order valence-corrected chi connectivity index (χ1v) is 8.15. The number of nitrogens with zero attached hydrogens (tertiary/aromatic N) is 2. The van der Waals surface area contributed by atoms with Crippen molar-refractivity contribution in [3.8, 4) is 0 Å². The van der Waals surface area contributed by atoms with Crippen molar-refractivity contribution in [2.45, 2.75) is 19.3 Å². The van der Waals surface area contributed by atoms with Crippen LogP contribution in [0.25, 0.3) is 0 Å². The van der Waals surface area contributed by atoms with Gasteiger partial charge in [0.25, 0.3) is 0 Å². The van der Waals surface area contributed by atoms with Gasteiger partial charge in [-0.05, 0) is 36.1 Å². The zero-order valence-corrected chi connectivity index (χ0v) is 13.0. The Balaban J connectivity index is 1.55. The molecule has 1 saturated heterocycles. The molecule has 21 heavy (non-hydrogen) atoms. The molecule has 1 aromatic carbocycles. The summed E-state index contributed by atoms with van der Waals surface area (Å²) in [4.78, 5) is 16.3. The van der Waals surface area contributed by atoms with Crippen molar-refractivity contribution >= 4 is 24.2 Å². The highest BCUT2D eigenvalue weighted by Crippen LogP contribution is 2.49. The van der Waals surface area contributed by atoms with Crippen LogP contribution < -0.4 is 4.90 Å². The molecule has 0 aromatic heterocycles. The molecule has 1 amide bonds. The van der Waals surface area contributed by atoms with Gasteiger partial charge in [0.2, 0.25) is 5.91 Å². The molecular weight excluding hydrogens is 287 g/mol. The quantitative estimate of drug-likeness (QED) is 0.864. The third kappa shape index (κ3) is 3.18. The summed E-state index contributed by atoms with van der Waals surface area (Å²) < 4.78 is 13.8. The molecule has 0 bridgehead atoms. The van der Waals surface area contributed by atoms with Gasteiger partial charge in [0, 0.05) is 32.6 Å². The summed E-state index contributed by atoms with van der Waals surface area (Å²) >= 11 is 4.35. The summed E-state index contributed by atoms with van der Waals surface area (Å²) in [7, 11) is 0. The SMILES string of the molecule is O=C(CC1(CS)CC1)N1CCN(c2ccccc2F)CC1. The third-order valence-electron chi connectivity index (χ3n) is 4.64. The van der Waals surface area contributed by atoms with Crippen LogP contribution in [0.15, 0.2) is 24.3 Å². The van der Waals surface area contributed by atoms with Gasteiger partial charge in [-0.2, -0.15) is 12.6 Å². The molecule has 3 rings (SSSR count). The van der Waals surface area contributed by atoms with Crippen LogP contribution in [0.1, 0.15) is 19.3 Å². The molecule has 114 valence electrons. The number of halogens is 1. The van der Waals surface area contributed by atoms with Crippen molar-refractivity contribution in [3.05, 3.63) is 30.1 Å². The second kappa shape index (κ2) is 5.87. The molecule has 0 spiro atoms. The number of carbonyl (C=O) groups is 1. The molecule has 1 heterocycles. The zero-order chi connectivity index (χ0) is 14.9. The molecule has 2 aliphatic rings. The Hall–Kier alpha value is -1.23. The van der Waals surface area contributed by atoms with Gasteiger partial charge in [0.1, 0.15) is 5.82 Å². The average Bonchev–Trinajstić information content (AvgIpc) is 3.28. The van der Waals surface area contributed by atoms with E-state index >= 15 is 0 Å². The summed E-state index contributed by atoms with van der Waals surface area (Å²) in [6.45, 7) is 2.74. The Morgan fingerprint density at radius 2 is 1.86 bits per heavy atom. The van der Waals surface area contributed by atoms with Crippen LogP contribution in [0.5, 0.6) is 0 Å². The standard InChI is InChI=1S/C16H21FN2OS/c17-13-3-1-2-4-14(13)18-7-9-19(10-8-18)15(20)11-16(12-21)5-6-16/h1-4,21H,5-12H2. The minimum atomic E-state index is -0.190. The number of benzene rings is 1. The summed E-state index contributed by atoms with van der Waals surface area (Å²) in [5.74, 6) is 0.840. The first-order chi connectivity index (χ1) is 10.1. The molecule has 0 atom stereocenters. The number of carbonyl (C=O) groups excluding carboxylic acids is 1. The molecule has 1 aliphatic heterocycles. The van der Waals surface area contributed by atoms with Crippen LogP contribution >= 0.6 is 12.6 Å². The van der Waals surface area contributed by atoms with Gasteiger partial charge >= 0.3 is 0 Å². The van der Waals surface area contributed by atoms with Gasteiger partial charge < -0.3 is 9.80 Å². The molecule has 1 aromatic rings. The summed E-state index contributed by atoms with van der Waals surface area (Å²) in [5, 5.41) is 0. The molecule has 0 unspecified atom stereocenters. The number of anilines is 1. The monoisotopic (exact) mass is 308 g/mol. The molecule has 0 N–H and O–H groups in total. The lowest BCUT2D eigenvalue weighted by Crippen LogP contribution is -2.49. The van der Waals surface area contributed by atoms with Crippen LogP contribution in [0, 0.1) is 11.2 Å². The van der Waals surface area contributed by atoms with Gasteiger partial charge in [0.15, 0.2) is 0 Å². The highest BCUT2D eigenvalue weighted by molar-refractivity contribution is 7.80. The fourth-order valence-corrected chi connectivity index (χ4v) is 3.33. The number of piperazine rings is 1. The van der Waals surface area contributed by atoms with E-state index in [0.717, 1.165) is 18.6 Å². The Morgan fingerprint density at radius 1 is 1.19 bits per heavy atom. The maximum absolute atomic E-state index is 13.8. The van der Waals surface area contributed by atoms with Crippen molar-refractivity contribution < 1.29 is 9.18 Å². The molecule has 5 heteroatoms. The Kier molecular flexibility index (Phi) is 4.11. The van der Waals surface area contributed by atoms with E-state index < -0.39 is 0 Å². The van der Waals surface area contributed by atoms with Crippen LogP contribution in [-0.4, -0.2) is 42.7 Å². The normalized spacial score (nSPS) is 20.5. The molecule has 1 aliphatic carbocycles. The van der Waals surface area contributed by atoms with E-state index in [4.69, 9.17) is 0 Å². The highest BCUT2D eigenvalue weighted by atomic mass is 32.1. The number of hydrogen-bond acceptors (Lipinski definition) is 3. The second-order valence-electron chi connectivity index (χ2n) is 6.15. The summed E-state index contributed by atoms with van der Waals surface area (Å²) in [5.41, 5.74) is 0.807. The maximum atomic E-state index is 13.8. The fourth-order valence-electron chi connectivity index (χ4n) is 2.91. The van der Waals surface area contributed by atoms with Gasteiger partial charge in [-0.1, -0.05) is 12.1 Å². The number of para-hydroxylation sites is 1. The van der Waals surface area contributed by atoms with E-state index in [1.165, 1.54) is 6.07 Å². The van der Waals surface area contributed by atoms with Crippen molar-refractivity contribution in [3.63, 3.8) is 0 Å². The topological polar surface area (TPSA) is 23.6 Å². The maximum Gasteiger partial charge on any atom is 0.223 e. The van der Waals surface area contributed by atoms with E-state index in [-0.39, 0.29) is 17.1 Å². The Bertz CT molecular complexity index is 525. The average molecular weight is 308 g/mol. The van der Waals surface area contributed by atoms with Crippen molar-refractivity contribution in [1.29, 1.82) is 0 Å². The second-order valence-corrected chi connectivity index (χ2v) is 6.47. The predicted molar refractivity (Wildman–Crippen MR) is 85.3 cm³/mol. The van der Waals surface area contributed by atoms with Crippen molar-refractivity contribution in [2.75, 3.05) is 36.8 Å². The van der Waals surface area contributed by atoms with Crippen LogP contribution in [-0.2, 0) is 4.79 Å². The number of rotatable bonds is 4. The molecule has 1 saturated carbocycles. The largest absolute Gasteiger partial charge is 0.366 e. The van der Waals surface area contributed by atoms with Crippen LogP contribution in [0.4, 0.5) is 10.1 Å². The van der Waals surface area contributed by atoms with E-state index in [0.29, 0.717) is 38.3 Å². The number of hydrogen-bond donors (Lipinski definition) is 1. The van der Waals surface area contributed by atoms with Gasteiger partial charge in [-0.3, -0.25) is 4.79 Å². The van der Waals surface area contributed by atoms with E-state index in [9.17, 15) is 9.18 Å². The molecular formula is C16H21FN2OS. The summed E-state index contributed by atoms with van der Waals surface area (Å²) in [6.07, 6.45) is 2.87. The van der Waals surface area contributed by atoms with E-state index in [2.05, 4.69) is 12.6 Å². The van der Waals surface area contributed by atoms with Crippen LogP contribution in [0.3, 0.4) is 0 Å². The van der Waals surface area contributed by atoms with Crippen LogP contribution in [0.2, 0.25) is 0 Å². The minimum Gasteiger partial charge on any atom is -0.366 e. The zero-order valence-electron chi connectivity index (χ0n) is 12.1. The highest BCUT2D eigenvalue weighted by Gasteiger charge is 2.43. The van der Waals surface area contributed by atoms with Gasteiger partial charge in [0.05, 0.1) is 5.69 Å². The first-order valence-electron chi connectivity index (χ1n) is 7.52. The minimum absolute atomic E-state index is 0.170. The Labute approximate surface area is 130 Å².